The van der Waals surface area contributed by atoms with Crippen LogP contribution in [-0.2, 0) is 16.0 Å². The maximum absolute atomic E-state index is 13.7. The number of alkyl carbamates (subject to hydrolysis) is 1. The normalized spacial score (nSPS) is 26.6. The zero-order valence-electron chi connectivity index (χ0n) is 18.0. The van der Waals surface area contributed by atoms with Gasteiger partial charge >= 0.3 is 6.09 Å². The first kappa shape index (κ1) is 21.7. The van der Waals surface area contributed by atoms with Gasteiger partial charge in [-0.2, -0.15) is 0 Å². The number of aromatic nitrogens is 2. The molecule has 0 aromatic carbocycles. The average molecular weight is 433 g/mol. The Morgan fingerprint density at radius 2 is 2.06 bits per heavy atom. The smallest absolute Gasteiger partial charge is 0.408 e. The van der Waals surface area contributed by atoms with E-state index in [1.807, 2.05) is 0 Å². The number of aliphatic hydroxyl groups excluding tert-OH is 1. The lowest BCUT2D eigenvalue weighted by atomic mass is 9.69. The number of carbonyl (C=O) groups is 1. The minimum absolute atomic E-state index is 0.0339. The fraction of sp³-hybridized carbons (Fsp3) is 0.591. The van der Waals surface area contributed by atoms with Gasteiger partial charge in [0.05, 0.1) is 41.5 Å². The molecule has 1 amide bonds. The second-order valence-electron chi connectivity index (χ2n) is 9.62. The van der Waals surface area contributed by atoms with Crippen molar-refractivity contribution >= 4 is 17.1 Å². The van der Waals surface area contributed by atoms with E-state index in [4.69, 9.17) is 9.47 Å². The summed E-state index contributed by atoms with van der Waals surface area (Å²) in [6.07, 6.45) is 1.94. The summed E-state index contributed by atoms with van der Waals surface area (Å²) in [7, 11) is 0. The number of hydrogen-bond donors (Lipinski definition) is 2. The van der Waals surface area contributed by atoms with Crippen molar-refractivity contribution in [1.29, 1.82) is 0 Å². The Kier molecular flexibility index (Phi) is 5.29. The number of pyridine rings is 2. The van der Waals surface area contributed by atoms with Gasteiger partial charge in [-0.25, -0.2) is 9.18 Å². The number of carbonyl (C=O) groups excluding carboxylic acids is 1. The summed E-state index contributed by atoms with van der Waals surface area (Å²) in [4.78, 5) is 28.7. The maximum atomic E-state index is 13.7. The SMILES string of the molecule is CC(C)(C)OC(=O)NC12CCC(C(O)Cn3c(=O)ccc4ncc(F)cc43)(CC1)OC2. The number of nitrogens with one attached hydrogen (secondary N) is 1. The predicted octanol–water partition coefficient (Wildman–Crippen LogP) is 2.50. The molecule has 1 atom stereocenters. The van der Waals surface area contributed by atoms with Gasteiger partial charge in [0.2, 0.25) is 0 Å². The first-order valence-corrected chi connectivity index (χ1v) is 10.5. The summed E-state index contributed by atoms with van der Waals surface area (Å²) in [5, 5.41) is 14.0. The van der Waals surface area contributed by atoms with Crippen LogP contribution in [-0.4, -0.2) is 50.2 Å². The zero-order chi connectivity index (χ0) is 22.4. The Morgan fingerprint density at radius 3 is 2.68 bits per heavy atom. The van der Waals surface area contributed by atoms with Gasteiger partial charge in [-0.3, -0.25) is 9.78 Å². The van der Waals surface area contributed by atoms with E-state index in [0.717, 1.165) is 6.20 Å². The quantitative estimate of drug-likeness (QED) is 0.768. The first-order valence-electron chi connectivity index (χ1n) is 10.5. The second kappa shape index (κ2) is 7.56. The van der Waals surface area contributed by atoms with Crippen molar-refractivity contribution < 1.29 is 23.8 Å². The van der Waals surface area contributed by atoms with Crippen molar-refractivity contribution in [2.45, 2.75) is 75.8 Å². The molecule has 1 aliphatic carbocycles. The highest BCUT2D eigenvalue weighted by Crippen LogP contribution is 2.46. The number of ether oxygens (including phenoxy) is 2. The summed E-state index contributed by atoms with van der Waals surface area (Å²) >= 11 is 0. The molecular formula is C22H28FN3O5. The number of amides is 1. The molecule has 3 aliphatic rings. The molecule has 2 aromatic heterocycles. The predicted molar refractivity (Wildman–Crippen MR) is 111 cm³/mol. The largest absolute Gasteiger partial charge is 0.444 e. The van der Waals surface area contributed by atoms with Gasteiger partial charge in [-0.1, -0.05) is 0 Å². The average Bonchev–Trinajstić information content (AvgIpc) is 2.69. The number of fused-ring (bicyclic) bond motifs is 4. The molecule has 4 heterocycles. The molecule has 0 radical (unpaired) electrons. The van der Waals surface area contributed by atoms with Gasteiger partial charge in [-0.15, -0.1) is 0 Å². The van der Waals surface area contributed by atoms with Crippen molar-refractivity contribution in [3.8, 4) is 0 Å². The van der Waals surface area contributed by atoms with Crippen LogP contribution in [0.15, 0.2) is 29.2 Å². The summed E-state index contributed by atoms with van der Waals surface area (Å²) in [6, 6.07) is 4.13. The van der Waals surface area contributed by atoms with Crippen LogP contribution in [0, 0.1) is 5.82 Å². The summed E-state index contributed by atoms with van der Waals surface area (Å²) in [6.45, 7) is 5.64. The van der Waals surface area contributed by atoms with E-state index in [0.29, 0.717) is 36.7 Å². The minimum Gasteiger partial charge on any atom is -0.444 e. The van der Waals surface area contributed by atoms with Crippen molar-refractivity contribution in [2.24, 2.45) is 0 Å². The summed E-state index contributed by atoms with van der Waals surface area (Å²) in [5.74, 6) is -0.552. The van der Waals surface area contributed by atoms with Crippen LogP contribution in [0.5, 0.6) is 0 Å². The van der Waals surface area contributed by atoms with E-state index in [2.05, 4.69) is 10.3 Å². The molecule has 9 heteroatoms. The number of nitrogens with zero attached hydrogens (tertiary/aromatic N) is 2. The number of aliphatic hydroxyl groups is 1. The topological polar surface area (TPSA) is 103 Å². The van der Waals surface area contributed by atoms with E-state index >= 15 is 0 Å². The van der Waals surface area contributed by atoms with Gasteiger partial charge in [0, 0.05) is 12.1 Å². The molecule has 5 rings (SSSR count). The fourth-order valence-corrected chi connectivity index (χ4v) is 4.50. The van der Waals surface area contributed by atoms with Gasteiger partial charge in [0.25, 0.3) is 5.56 Å². The summed E-state index contributed by atoms with van der Waals surface area (Å²) in [5.41, 5.74) is -1.48. The Balaban J connectivity index is 1.49. The Bertz CT molecular complexity index is 1040. The standard InChI is InChI=1S/C22H28FN3O5/c1-20(2,3)31-19(29)25-21-6-8-22(9-7-21,30-13-21)17(27)12-26-16-10-14(23)11-24-15(16)4-5-18(26)28/h4-5,10-11,17,27H,6-9,12-13H2,1-3H3,(H,25,29). The van der Waals surface area contributed by atoms with Gasteiger partial charge in [0.15, 0.2) is 0 Å². The molecule has 2 aliphatic heterocycles. The maximum Gasteiger partial charge on any atom is 0.408 e. The van der Waals surface area contributed by atoms with E-state index in [9.17, 15) is 19.1 Å². The molecule has 0 spiro atoms. The van der Waals surface area contributed by atoms with Crippen molar-refractivity contribution in [3.05, 3.63) is 40.6 Å². The van der Waals surface area contributed by atoms with Crippen LogP contribution in [0.2, 0.25) is 0 Å². The van der Waals surface area contributed by atoms with Crippen LogP contribution in [0.1, 0.15) is 46.5 Å². The molecule has 1 saturated carbocycles. The van der Waals surface area contributed by atoms with E-state index in [-0.39, 0.29) is 18.7 Å². The Morgan fingerprint density at radius 1 is 1.35 bits per heavy atom. The molecule has 8 nitrogen and oxygen atoms in total. The molecule has 2 saturated heterocycles. The molecule has 31 heavy (non-hydrogen) atoms. The lowest BCUT2D eigenvalue weighted by Gasteiger charge is -2.54. The van der Waals surface area contributed by atoms with Crippen molar-refractivity contribution in [3.63, 3.8) is 0 Å². The fourth-order valence-electron chi connectivity index (χ4n) is 4.50. The van der Waals surface area contributed by atoms with Crippen molar-refractivity contribution in [2.75, 3.05) is 6.61 Å². The van der Waals surface area contributed by atoms with E-state index in [1.165, 1.54) is 22.8 Å². The molecule has 3 fully saturated rings. The highest BCUT2D eigenvalue weighted by atomic mass is 19.1. The van der Waals surface area contributed by atoms with Gasteiger partial charge in [0.1, 0.15) is 17.5 Å². The molecule has 2 aromatic rings. The number of halogens is 1. The highest BCUT2D eigenvalue weighted by molar-refractivity contribution is 5.74. The molecule has 1 unspecified atom stereocenters. The number of rotatable bonds is 4. The van der Waals surface area contributed by atoms with Crippen molar-refractivity contribution in [1.82, 2.24) is 14.9 Å². The van der Waals surface area contributed by atoms with Gasteiger partial charge < -0.3 is 24.5 Å². The lowest BCUT2D eigenvalue weighted by Crippen LogP contribution is -2.66. The molecule has 168 valence electrons. The number of hydrogen-bond acceptors (Lipinski definition) is 6. The van der Waals surface area contributed by atoms with Crippen LogP contribution in [0.4, 0.5) is 9.18 Å². The third-order valence-corrected chi connectivity index (χ3v) is 6.22. The first-order chi connectivity index (χ1) is 14.5. The lowest BCUT2D eigenvalue weighted by molar-refractivity contribution is -0.209. The second-order valence-corrected chi connectivity index (χ2v) is 9.62. The van der Waals surface area contributed by atoms with E-state index in [1.54, 1.807) is 20.8 Å². The third-order valence-electron chi connectivity index (χ3n) is 6.22. The molecule has 2 bridgehead atoms. The summed E-state index contributed by atoms with van der Waals surface area (Å²) < 4.78 is 26.5. The zero-order valence-corrected chi connectivity index (χ0v) is 18.0. The monoisotopic (exact) mass is 433 g/mol. The van der Waals surface area contributed by atoms with Gasteiger partial charge in [-0.05, 0) is 52.5 Å². The molecular weight excluding hydrogens is 405 g/mol. The minimum atomic E-state index is -0.973. The van der Waals surface area contributed by atoms with Crippen LogP contribution < -0.4 is 10.9 Å². The molecule has 2 N–H and O–H groups in total. The Labute approximate surface area is 179 Å². The van der Waals surface area contributed by atoms with Crippen LogP contribution >= 0.6 is 0 Å². The highest BCUT2D eigenvalue weighted by Gasteiger charge is 2.54. The van der Waals surface area contributed by atoms with E-state index < -0.39 is 34.8 Å². The Hall–Kier alpha value is -2.52. The van der Waals surface area contributed by atoms with Crippen LogP contribution in [0.3, 0.4) is 0 Å². The third kappa shape index (κ3) is 4.29. The van der Waals surface area contributed by atoms with Crippen LogP contribution in [0.25, 0.3) is 11.0 Å².